The Labute approximate surface area is 241 Å². The number of aliphatic hydroxyl groups excluding tert-OH is 1. The third-order valence-electron chi connectivity index (χ3n) is 6.64. The van der Waals surface area contributed by atoms with Crippen LogP contribution in [0.5, 0.6) is 0 Å². The summed E-state index contributed by atoms with van der Waals surface area (Å²) in [5.41, 5.74) is 1.88. The summed E-state index contributed by atoms with van der Waals surface area (Å²) >= 11 is 0. The van der Waals surface area contributed by atoms with Gasteiger partial charge in [0, 0.05) is 13.5 Å². The quantitative estimate of drug-likeness (QED) is 0.215. The van der Waals surface area contributed by atoms with Gasteiger partial charge in [-0.2, -0.15) is 0 Å². The van der Waals surface area contributed by atoms with Crippen LogP contribution in [0.15, 0.2) is 120 Å². The maximum atomic E-state index is 13.1. The van der Waals surface area contributed by atoms with E-state index in [2.05, 4.69) is 6.58 Å². The first-order valence-corrected chi connectivity index (χ1v) is 14.8. The third kappa shape index (κ3) is 8.13. The summed E-state index contributed by atoms with van der Waals surface area (Å²) in [4.78, 5) is 0.186. The zero-order valence-electron chi connectivity index (χ0n) is 23.0. The normalized spacial score (nSPS) is 23.2. The molecule has 218 valence electrons. The van der Waals surface area contributed by atoms with Crippen LogP contribution in [0.1, 0.15) is 17.5 Å². The standard InChI is InChI=1S/C32H36O8S/c1-3-13-27(41(34,35)26-18-11-6-12-19-26)22-37-23-28-29(33)30(38-20-24-14-7-4-8-15-24)31(32(36-2)40-28)39-21-25-16-9-5-10-17-25/h3-12,14-19,22,28-33H,1,13,20-21,23H2,2H3/b27-22+. The predicted octanol–water partition coefficient (Wildman–Crippen LogP) is 4.80. The average molecular weight is 581 g/mol. The van der Waals surface area contributed by atoms with E-state index >= 15 is 0 Å². The Hall–Kier alpha value is -3.31. The fourth-order valence-corrected chi connectivity index (χ4v) is 5.82. The second-order valence-electron chi connectivity index (χ2n) is 9.52. The molecule has 0 radical (unpaired) electrons. The van der Waals surface area contributed by atoms with Gasteiger partial charge in [0.15, 0.2) is 6.29 Å². The number of ether oxygens (including phenoxy) is 5. The molecule has 41 heavy (non-hydrogen) atoms. The van der Waals surface area contributed by atoms with Crippen LogP contribution < -0.4 is 0 Å². The molecule has 4 rings (SSSR count). The first kappa shape index (κ1) is 30.6. The van der Waals surface area contributed by atoms with Gasteiger partial charge in [-0.3, -0.25) is 0 Å². The molecule has 1 saturated heterocycles. The first-order chi connectivity index (χ1) is 19.9. The van der Waals surface area contributed by atoms with Crippen LogP contribution in [0, 0.1) is 0 Å². The Kier molecular flexibility index (Phi) is 11.3. The van der Waals surface area contributed by atoms with Crippen molar-refractivity contribution in [2.24, 2.45) is 0 Å². The number of rotatable bonds is 14. The monoisotopic (exact) mass is 580 g/mol. The van der Waals surface area contributed by atoms with Gasteiger partial charge < -0.3 is 28.8 Å². The maximum absolute atomic E-state index is 13.1. The number of methoxy groups -OCH3 is 1. The van der Waals surface area contributed by atoms with Crippen LogP contribution in [-0.2, 0) is 46.7 Å². The lowest BCUT2D eigenvalue weighted by atomic mass is 9.98. The van der Waals surface area contributed by atoms with Crippen molar-refractivity contribution < 1.29 is 37.2 Å². The summed E-state index contributed by atoms with van der Waals surface area (Å²) in [6, 6.07) is 27.3. The molecule has 3 aromatic carbocycles. The van der Waals surface area contributed by atoms with Crippen molar-refractivity contribution in [2.45, 2.75) is 55.2 Å². The second-order valence-corrected chi connectivity index (χ2v) is 11.5. The van der Waals surface area contributed by atoms with Gasteiger partial charge in [0.05, 0.1) is 29.3 Å². The van der Waals surface area contributed by atoms with Crippen LogP contribution in [0.25, 0.3) is 0 Å². The van der Waals surface area contributed by atoms with Gasteiger partial charge in [0.1, 0.15) is 31.0 Å². The Balaban J connectivity index is 1.51. The smallest absolute Gasteiger partial charge is 0.206 e. The van der Waals surface area contributed by atoms with Crippen LogP contribution in [0.4, 0.5) is 0 Å². The lowest BCUT2D eigenvalue weighted by Gasteiger charge is -2.43. The molecule has 1 aliphatic rings. The molecule has 1 heterocycles. The molecule has 0 bridgehead atoms. The summed E-state index contributed by atoms with van der Waals surface area (Å²) in [6.45, 7) is 4.01. The largest absolute Gasteiger partial charge is 0.497 e. The van der Waals surface area contributed by atoms with E-state index in [1.165, 1.54) is 31.6 Å². The Morgan fingerprint density at radius 2 is 1.41 bits per heavy atom. The van der Waals surface area contributed by atoms with Gasteiger partial charge in [-0.15, -0.1) is 6.58 Å². The minimum Gasteiger partial charge on any atom is -0.497 e. The topological polar surface area (TPSA) is 101 Å². The molecule has 9 heteroatoms. The lowest BCUT2D eigenvalue weighted by Crippen LogP contribution is -2.60. The number of aliphatic hydroxyl groups is 1. The Bertz CT molecular complexity index is 1350. The van der Waals surface area contributed by atoms with Gasteiger partial charge in [0.2, 0.25) is 9.84 Å². The highest BCUT2D eigenvalue weighted by atomic mass is 32.2. The van der Waals surface area contributed by atoms with Crippen molar-refractivity contribution in [1.29, 1.82) is 0 Å². The van der Waals surface area contributed by atoms with Crippen molar-refractivity contribution >= 4 is 9.84 Å². The Morgan fingerprint density at radius 3 is 1.95 bits per heavy atom. The van der Waals surface area contributed by atoms with Crippen LogP contribution >= 0.6 is 0 Å². The maximum Gasteiger partial charge on any atom is 0.206 e. The van der Waals surface area contributed by atoms with Crippen LogP contribution in [0.2, 0.25) is 0 Å². The summed E-state index contributed by atoms with van der Waals surface area (Å²) < 4.78 is 56.0. The fraction of sp³-hybridized carbons (Fsp3) is 0.312. The van der Waals surface area contributed by atoms with E-state index in [0.29, 0.717) is 0 Å². The summed E-state index contributed by atoms with van der Waals surface area (Å²) in [5.74, 6) is 0. The van der Waals surface area contributed by atoms with Crippen molar-refractivity contribution in [1.82, 2.24) is 0 Å². The van der Waals surface area contributed by atoms with Crippen molar-refractivity contribution in [3.63, 3.8) is 0 Å². The average Bonchev–Trinajstić information content (AvgIpc) is 3.01. The van der Waals surface area contributed by atoms with Crippen molar-refractivity contribution in [2.75, 3.05) is 13.7 Å². The molecule has 5 unspecified atom stereocenters. The first-order valence-electron chi connectivity index (χ1n) is 13.3. The molecular weight excluding hydrogens is 544 g/mol. The second kappa shape index (κ2) is 15.1. The van der Waals surface area contributed by atoms with Gasteiger partial charge in [-0.05, 0) is 23.3 Å². The third-order valence-corrected chi connectivity index (χ3v) is 8.49. The highest BCUT2D eigenvalue weighted by Gasteiger charge is 2.47. The summed E-state index contributed by atoms with van der Waals surface area (Å²) in [7, 11) is -2.31. The molecule has 0 spiro atoms. The van der Waals surface area contributed by atoms with Crippen molar-refractivity contribution in [3.8, 4) is 0 Å². The zero-order chi connectivity index (χ0) is 29.1. The molecule has 0 amide bonds. The number of sulfone groups is 1. The van der Waals surface area contributed by atoms with Gasteiger partial charge in [-0.1, -0.05) is 84.9 Å². The Morgan fingerprint density at radius 1 is 0.878 bits per heavy atom. The molecule has 3 aromatic rings. The van der Waals surface area contributed by atoms with Gasteiger partial charge in [0.25, 0.3) is 0 Å². The molecular formula is C32H36O8S. The molecule has 5 atom stereocenters. The van der Waals surface area contributed by atoms with E-state index in [1.807, 2.05) is 60.7 Å². The molecule has 0 aliphatic carbocycles. The fourth-order valence-electron chi connectivity index (χ4n) is 4.47. The number of hydrogen-bond donors (Lipinski definition) is 1. The SMILES string of the molecule is C=CC/C(=C\OCC1OC(OC)C(OCc2ccccc2)C(OCc2ccccc2)C1O)S(=O)(=O)c1ccccc1. The molecule has 1 aliphatic heterocycles. The minimum absolute atomic E-state index is 0.0354. The van der Waals surface area contributed by atoms with Crippen LogP contribution in [0.3, 0.4) is 0 Å². The van der Waals surface area contributed by atoms with E-state index < -0.39 is 40.5 Å². The molecule has 1 fully saturated rings. The molecule has 0 saturated carbocycles. The highest BCUT2D eigenvalue weighted by Crippen LogP contribution is 2.29. The summed E-state index contributed by atoms with van der Waals surface area (Å²) in [6.07, 6.45) is -1.75. The zero-order valence-corrected chi connectivity index (χ0v) is 23.8. The van der Waals surface area contributed by atoms with E-state index in [0.717, 1.165) is 11.1 Å². The van der Waals surface area contributed by atoms with E-state index in [-0.39, 0.29) is 36.0 Å². The summed E-state index contributed by atoms with van der Waals surface area (Å²) in [5, 5.41) is 11.4. The highest BCUT2D eigenvalue weighted by molar-refractivity contribution is 7.95. The number of allylic oxidation sites excluding steroid dienone is 2. The minimum atomic E-state index is -3.80. The van der Waals surface area contributed by atoms with Gasteiger partial charge >= 0.3 is 0 Å². The van der Waals surface area contributed by atoms with E-state index in [4.69, 9.17) is 23.7 Å². The molecule has 0 aromatic heterocycles. The van der Waals surface area contributed by atoms with Gasteiger partial charge in [-0.25, -0.2) is 8.42 Å². The van der Waals surface area contributed by atoms with Crippen LogP contribution in [-0.4, -0.2) is 57.9 Å². The van der Waals surface area contributed by atoms with Crippen molar-refractivity contribution in [3.05, 3.63) is 126 Å². The van der Waals surface area contributed by atoms with E-state index in [1.54, 1.807) is 18.2 Å². The number of benzene rings is 3. The van der Waals surface area contributed by atoms with E-state index in [9.17, 15) is 13.5 Å². The predicted molar refractivity (Wildman–Crippen MR) is 154 cm³/mol. The molecule has 8 nitrogen and oxygen atoms in total. The molecule has 1 N–H and O–H groups in total. The number of hydrogen-bond acceptors (Lipinski definition) is 8. The lowest BCUT2D eigenvalue weighted by molar-refractivity contribution is -0.314.